The second-order valence-electron chi connectivity index (χ2n) is 5.60. The van der Waals surface area contributed by atoms with Gasteiger partial charge in [-0.2, -0.15) is 0 Å². The van der Waals surface area contributed by atoms with E-state index in [0.717, 1.165) is 26.3 Å². The molecule has 1 aromatic carbocycles. The monoisotopic (exact) mass is 383 g/mol. The molecule has 1 heterocycles. The molecule has 2 rings (SSSR count). The van der Waals surface area contributed by atoms with E-state index >= 15 is 0 Å². The summed E-state index contributed by atoms with van der Waals surface area (Å²) >= 11 is 7.42. The number of thiophene rings is 1. The number of hydrogen-bond donors (Lipinski definition) is 3. The Balaban J connectivity index is 1.63. The lowest BCUT2D eigenvalue weighted by Gasteiger charge is -2.13. The number of non-ortho nitro benzene ring substituents is 1. The highest BCUT2D eigenvalue weighted by molar-refractivity contribution is 7.16. The van der Waals surface area contributed by atoms with Crippen molar-refractivity contribution in [2.75, 3.05) is 32.0 Å². The second kappa shape index (κ2) is 9.36. The quantitative estimate of drug-likeness (QED) is 0.348. The van der Waals surface area contributed by atoms with Crippen LogP contribution in [0.25, 0.3) is 0 Å². The molecule has 1 unspecified atom stereocenters. The molecule has 0 fully saturated rings. The van der Waals surface area contributed by atoms with Gasteiger partial charge in [-0.15, -0.1) is 11.3 Å². The van der Waals surface area contributed by atoms with Gasteiger partial charge in [-0.3, -0.25) is 14.9 Å². The van der Waals surface area contributed by atoms with Gasteiger partial charge in [0, 0.05) is 30.9 Å². The van der Waals surface area contributed by atoms with Gasteiger partial charge in [0.25, 0.3) is 11.6 Å². The van der Waals surface area contributed by atoms with E-state index in [-0.39, 0.29) is 11.6 Å². The Morgan fingerprint density at radius 1 is 1.24 bits per heavy atom. The van der Waals surface area contributed by atoms with Gasteiger partial charge in [0.15, 0.2) is 6.54 Å². The molecule has 0 saturated carbocycles. The summed E-state index contributed by atoms with van der Waals surface area (Å²) in [6.45, 7) is 2.16. The fourth-order valence-corrected chi connectivity index (χ4v) is 3.45. The Morgan fingerprint density at radius 3 is 2.56 bits per heavy atom. The van der Waals surface area contributed by atoms with Crippen molar-refractivity contribution < 1.29 is 14.6 Å². The zero-order chi connectivity index (χ0) is 18.2. The van der Waals surface area contributed by atoms with Crippen LogP contribution in [0.5, 0.6) is 0 Å². The molecule has 0 radical (unpaired) electrons. The van der Waals surface area contributed by atoms with Gasteiger partial charge >= 0.3 is 0 Å². The largest absolute Gasteiger partial charge is 0.383 e. The molecule has 1 amide bonds. The number of rotatable bonds is 9. The fourth-order valence-electron chi connectivity index (χ4n) is 2.25. The highest BCUT2D eigenvalue weighted by Crippen LogP contribution is 2.20. The Bertz CT molecular complexity index is 720. The highest BCUT2D eigenvalue weighted by Gasteiger charge is 2.11. The zero-order valence-corrected chi connectivity index (χ0v) is 15.3. The number of nitrogens with zero attached hydrogens (tertiary/aromatic N) is 1. The van der Waals surface area contributed by atoms with E-state index in [1.54, 1.807) is 12.1 Å². The molecular formula is C16H20ClN4O3S+. The van der Waals surface area contributed by atoms with E-state index in [4.69, 9.17) is 11.6 Å². The molecule has 7 nitrogen and oxygen atoms in total. The van der Waals surface area contributed by atoms with Gasteiger partial charge < -0.3 is 15.5 Å². The van der Waals surface area contributed by atoms with E-state index in [1.165, 1.54) is 23.5 Å². The number of anilines is 1. The number of likely N-dealkylation sites (N-methyl/N-ethyl adjacent to an activating group) is 1. The van der Waals surface area contributed by atoms with Crippen LogP contribution in [0.2, 0.25) is 4.34 Å². The van der Waals surface area contributed by atoms with Gasteiger partial charge in [0.05, 0.1) is 21.2 Å². The SMILES string of the molecule is C[NH+](CC(=O)NCCNc1ccc([N+](=O)[O-])cc1)Cc1ccc(Cl)s1. The second-order valence-corrected chi connectivity index (χ2v) is 7.40. The maximum Gasteiger partial charge on any atom is 0.275 e. The predicted molar refractivity (Wildman–Crippen MR) is 99.4 cm³/mol. The number of hydrogen-bond acceptors (Lipinski definition) is 5. The summed E-state index contributed by atoms with van der Waals surface area (Å²) in [6.07, 6.45) is 0. The van der Waals surface area contributed by atoms with Crippen molar-refractivity contribution in [1.82, 2.24) is 5.32 Å². The van der Waals surface area contributed by atoms with Crippen LogP contribution in [0, 0.1) is 10.1 Å². The van der Waals surface area contributed by atoms with Gasteiger partial charge in [0.2, 0.25) is 0 Å². The van der Waals surface area contributed by atoms with Crippen LogP contribution < -0.4 is 15.5 Å². The Hall–Kier alpha value is -2.16. The normalized spacial score (nSPS) is 11.8. The van der Waals surface area contributed by atoms with Gasteiger partial charge in [-0.25, -0.2) is 0 Å². The van der Waals surface area contributed by atoms with E-state index < -0.39 is 4.92 Å². The molecule has 134 valence electrons. The van der Waals surface area contributed by atoms with Crippen molar-refractivity contribution in [2.24, 2.45) is 0 Å². The molecule has 0 spiro atoms. The molecule has 1 aromatic heterocycles. The molecule has 0 aliphatic heterocycles. The lowest BCUT2D eigenvalue weighted by molar-refractivity contribution is -0.885. The highest BCUT2D eigenvalue weighted by atomic mass is 35.5. The number of benzene rings is 1. The first-order valence-corrected chi connectivity index (χ1v) is 8.94. The lowest BCUT2D eigenvalue weighted by Crippen LogP contribution is -3.08. The molecule has 0 aliphatic carbocycles. The molecular weight excluding hydrogens is 364 g/mol. The minimum absolute atomic E-state index is 0.0225. The molecule has 1 atom stereocenters. The first-order valence-electron chi connectivity index (χ1n) is 7.74. The summed E-state index contributed by atoms with van der Waals surface area (Å²) in [4.78, 5) is 24.3. The van der Waals surface area contributed by atoms with Crippen LogP contribution in [0.3, 0.4) is 0 Å². The minimum atomic E-state index is -0.438. The van der Waals surface area contributed by atoms with Crippen molar-refractivity contribution in [1.29, 1.82) is 0 Å². The number of halogens is 1. The molecule has 25 heavy (non-hydrogen) atoms. The number of nitrogens with one attached hydrogen (secondary N) is 3. The lowest BCUT2D eigenvalue weighted by atomic mass is 10.3. The summed E-state index contributed by atoms with van der Waals surface area (Å²) < 4.78 is 0.754. The maximum absolute atomic E-state index is 11.9. The average molecular weight is 384 g/mol. The summed E-state index contributed by atoms with van der Waals surface area (Å²) in [5.74, 6) is -0.0225. The van der Waals surface area contributed by atoms with E-state index in [0.29, 0.717) is 19.6 Å². The molecule has 9 heteroatoms. The predicted octanol–water partition coefficient (Wildman–Crippen LogP) is 1.55. The van der Waals surface area contributed by atoms with E-state index in [9.17, 15) is 14.9 Å². The number of quaternary nitrogens is 1. The topological polar surface area (TPSA) is 88.7 Å². The molecule has 3 N–H and O–H groups in total. The number of nitro groups is 1. The first kappa shape index (κ1) is 19.2. The summed E-state index contributed by atoms with van der Waals surface area (Å²) in [5, 5.41) is 16.5. The van der Waals surface area contributed by atoms with Crippen molar-refractivity contribution >= 4 is 40.2 Å². The van der Waals surface area contributed by atoms with Crippen LogP contribution >= 0.6 is 22.9 Å². The van der Waals surface area contributed by atoms with Crippen molar-refractivity contribution in [2.45, 2.75) is 6.54 Å². The number of carbonyl (C=O) groups is 1. The summed E-state index contributed by atoms with van der Waals surface area (Å²) in [7, 11) is 1.96. The standard InChI is InChI=1S/C16H19ClN4O3S/c1-20(10-14-6-7-15(17)25-14)11-16(22)19-9-8-18-12-2-4-13(5-3-12)21(23)24/h2-7,18H,8-11H2,1H3,(H,19,22)/p+1. The Morgan fingerprint density at radius 2 is 1.96 bits per heavy atom. The third-order valence-electron chi connectivity index (χ3n) is 3.42. The van der Waals surface area contributed by atoms with Crippen molar-refractivity contribution in [3.63, 3.8) is 0 Å². The minimum Gasteiger partial charge on any atom is -0.383 e. The van der Waals surface area contributed by atoms with E-state index in [2.05, 4.69) is 10.6 Å². The molecule has 0 bridgehead atoms. The van der Waals surface area contributed by atoms with Crippen molar-refractivity contribution in [3.8, 4) is 0 Å². The fraction of sp³-hybridized carbons (Fsp3) is 0.312. The maximum atomic E-state index is 11.9. The Kier molecular flexibility index (Phi) is 7.17. The van der Waals surface area contributed by atoms with Crippen molar-refractivity contribution in [3.05, 3.63) is 55.7 Å². The molecule has 0 saturated heterocycles. The third kappa shape index (κ3) is 6.69. The van der Waals surface area contributed by atoms with Gasteiger partial charge in [0.1, 0.15) is 6.54 Å². The summed E-state index contributed by atoms with van der Waals surface area (Å²) in [6, 6.07) is 10.0. The zero-order valence-electron chi connectivity index (χ0n) is 13.8. The Labute approximate surface area is 154 Å². The van der Waals surface area contributed by atoms with Crippen LogP contribution in [0.15, 0.2) is 36.4 Å². The smallest absolute Gasteiger partial charge is 0.275 e. The average Bonchev–Trinajstić information content (AvgIpc) is 2.96. The van der Waals surface area contributed by atoms with Crippen LogP contribution in [-0.4, -0.2) is 37.5 Å². The number of carbonyl (C=O) groups excluding carboxylic acids is 1. The third-order valence-corrected chi connectivity index (χ3v) is 4.65. The van der Waals surface area contributed by atoms with Gasteiger partial charge in [-0.1, -0.05) is 11.6 Å². The number of amides is 1. The van der Waals surface area contributed by atoms with Crippen LogP contribution in [-0.2, 0) is 11.3 Å². The van der Waals surface area contributed by atoms with E-state index in [1.807, 2.05) is 19.2 Å². The van der Waals surface area contributed by atoms with Crippen LogP contribution in [0.4, 0.5) is 11.4 Å². The van der Waals surface area contributed by atoms with Crippen LogP contribution in [0.1, 0.15) is 4.88 Å². The molecule has 2 aromatic rings. The number of nitro benzene ring substituents is 1. The first-order chi connectivity index (χ1) is 11.9. The van der Waals surface area contributed by atoms with Gasteiger partial charge in [-0.05, 0) is 24.3 Å². The molecule has 0 aliphatic rings. The summed E-state index contributed by atoms with van der Waals surface area (Å²) in [5.41, 5.74) is 0.828.